The molecule has 24 heavy (non-hydrogen) atoms. The Morgan fingerprint density at radius 1 is 1.25 bits per heavy atom. The Morgan fingerprint density at radius 3 is 2.50 bits per heavy atom. The maximum Gasteiger partial charge on any atom is 0.412 e. The van der Waals surface area contributed by atoms with Gasteiger partial charge in [-0.2, -0.15) is 13.2 Å². The summed E-state index contributed by atoms with van der Waals surface area (Å²) in [5.41, 5.74) is 0.603. The minimum Gasteiger partial charge on any atom is -0.234 e. The average Bonchev–Trinajstić information content (AvgIpc) is 2.84. The van der Waals surface area contributed by atoms with Crippen molar-refractivity contribution < 1.29 is 17.7 Å². The SMILES string of the molecule is Cc1nn2c([n+]1C)C1(C3=CC=C(C(F)(F)F)C(C)C3)CCC2CC1. The van der Waals surface area contributed by atoms with Crippen molar-refractivity contribution >= 4 is 0 Å². The van der Waals surface area contributed by atoms with Crippen LogP contribution in [0.2, 0.25) is 0 Å². The molecule has 2 aliphatic carbocycles. The Hall–Kier alpha value is -1.59. The number of rotatable bonds is 1. The largest absolute Gasteiger partial charge is 0.412 e. The summed E-state index contributed by atoms with van der Waals surface area (Å²) < 4.78 is 43.7. The predicted octanol–water partition coefficient (Wildman–Crippen LogP) is 3.84. The molecule has 0 spiro atoms. The molecule has 130 valence electrons. The van der Waals surface area contributed by atoms with Crippen LogP contribution in [-0.4, -0.2) is 16.0 Å². The highest BCUT2D eigenvalue weighted by atomic mass is 19.4. The van der Waals surface area contributed by atoms with Gasteiger partial charge in [-0.25, -0.2) is 4.57 Å². The van der Waals surface area contributed by atoms with E-state index in [1.807, 2.05) is 14.0 Å². The van der Waals surface area contributed by atoms with E-state index in [0.29, 0.717) is 12.5 Å². The molecule has 1 unspecified atom stereocenters. The highest BCUT2D eigenvalue weighted by Crippen LogP contribution is 2.54. The van der Waals surface area contributed by atoms with E-state index in [1.54, 1.807) is 13.0 Å². The molecule has 5 rings (SSSR count). The molecule has 1 fully saturated rings. The van der Waals surface area contributed by atoms with Gasteiger partial charge in [-0.15, -0.1) is 4.68 Å². The van der Waals surface area contributed by atoms with Crippen molar-refractivity contribution in [3.63, 3.8) is 0 Å². The molecule has 1 atom stereocenters. The van der Waals surface area contributed by atoms with Crippen molar-refractivity contribution in [3.05, 3.63) is 34.9 Å². The normalized spacial score (nSPS) is 32.4. The first kappa shape index (κ1) is 15.9. The van der Waals surface area contributed by atoms with Crippen LogP contribution in [0.4, 0.5) is 13.2 Å². The first-order valence-corrected chi connectivity index (χ1v) is 8.68. The lowest BCUT2D eigenvalue weighted by molar-refractivity contribution is -0.690. The second-order valence-electron chi connectivity index (χ2n) is 7.60. The van der Waals surface area contributed by atoms with E-state index in [1.165, 1.54) is 11.9 Å². The smallest absolute Gasteiger partial charge is 0.234 e. The van der Waals surface area contributed by atoms with Crippen molar-refractivity contribution in [1.82, 2.24) is 9.78 Å². The monoisotopic (exact) mass is 338 g/mol. The van der Waals surface area contributed by atoms with Gasteiger partial charge in [0.05, 0.1) is 12.5 Å². The van der Waals surface area contributed by atoms with Crippen LogP contribution in [-0.2, 0) is 12.5 Å². The molecule has 0 aromatic carbocycles. The van der Waals surface area contributed by atoms with Gasteiger partial charge >= 0.3 is 6.18 Å². The van der Waals surface area contributed by atoms with Crippen molar-refractivity contribution in [3.8, 4) is 0 Å². The average molecular weight is 338 g/mol. The minimum absolute atomic E-state index is 0.146. The summed E-state index contributed by atoms with van der Waals surface area (Å²) in [5.74, 6) is 1.67. The van der Waals surface area contributed by atoms with Crippen LogP contribution in [0.1, 0.15) is 56.7 Å². The fourth-order valence-corrected chi connectivity index (χ4v) is 4.99. The van der Waals surface area contributed by atoms with Crippen LogP contribution in [0.5, 0.6) is 0 Å². The van der Waals surface area contributed by atoms with Crippen molar-refractivity contribution in [2.45, 2.75) is 63.6 Å². The van der Waals surface area contributed by atoms with Gasteiger partial charge in [-0.3, -0.25) is 0 Å². The molecule has 1 aromatic heterocycles. The van der Waals surface area contributed by atoms with Crippen molar-refractivity contribution in [1.29, 1.82) is 0 Å². The number of aryl methyl sites for hydroxylation is 1. The van der Waals surface area contributed by atoms with Crippen LogP contribution in [0.15, 0.2) is 23.3 Å². The molecule has 3 heterocycles. The van der Waals surface area contributed by atoms with E-state index >= 15 is 0 Å². The lowest BCUT2D eigenvalue weighted by Gasteiger charge is -2.45. The Balaban J connectivity index is 1.83. The van der Waals surface area contributed by atoms with Crippen LogP contribution in [0.3, 0.4) is 0 Å². The number of aromatic nitrogens is 3. The summed E-state index contributed by atoms with van der Waals surface area (Å²) in [5, 5.41) is 4.70. The highest BCUT2D eigenvalue weighted by Gasteiger charge is 2.55. The molecule has 2 aliphatic heterocycles. The van der Waals surface area contributed by atoms with E-state index < -0.39 is 17.7 Å². The second-order valence-corrected chi connectivity index (χ2v) is 7.60. The quantitative estimate of drug-likeness (QED) is 0.713. The number of allylic oxidation sites excluding steroid dienone is 4. The Labute approximate surface area is 139 Å². The summed E-state index contributed by atoms with van der Waals surface area (Å²) in [4.78, 5) is 0. The maximum absolute atomic E-state index is 13.1. The fourth-order valence-electron chi connectivity index (χ4n) is 4.99. The number of hydrogen-bond donors (Lipinski definition) is 0. The number of alkyl halides is 3. The number of nitrogens with zero attached hydrogens (tertiary/aromatic N) is 3. The van der Waals surface area contributed by atoms with Gasteiger partial charge in [-0.05, 0) is 38.0 Å². The van der Waals surface area contributed by atoms with Gasteiger partial charge in [-0.1, -0.05) is 24.6 Å². The zero-order valence-corrected chi connectivity index (χ0v) is 14.3. The van der Waals surface area contributed by atoms with E-state index in [2.05, 4.69) is 9.25 Å². The molecule has 3 nitrogen and oxygen atoms in total. The van der Waals surface area contributed by atoms with Crippen molar-refractivity contribution in [2.75, 3.05) is 0 Å². The lowest BCUT2D eigenvalue weighted by Crippen LogP contribution is -2.52. The van der Waals surface area contributed by atoms with Gasteiger partial charge in [0.1, 0.15) is 6.04 Å². The van der Waals surface area contributed by atoms with E-state index in [-0.39, 0.29) is 5.41 Å². The predicted molar refractivity (Wildman–Crippen MR) is 83.3 cm³/mol. The molecular weight excluding hydrogens is 315 g/mol. The van der Waals surface area contributed by atoms with E-state index in [0.717, 1.165) is 37.1 Å². The summed E-state index contributed by atoms with van der Waals surface area (Å²) in [7, 11) is 2.03. The standard InChI is InChI=1S/C18H23F3N3/c1-11-10-13(4-5-15(11)18(19,20)21)17-8-6-14(7-9-17)24-16(17)23(3)12(2)22-24/h4-5,11,14H,6-10H2,1-3H3/q+1. The van der Waals surface area contributed by atoms with Gasteiger partial charge in [0.25, 0.3) is 5.82 Å². The molecular formula is C18H23F3N3+. The van der Waals surface area contributed by atoms with Gasteiger partial charge in [0.15, 0.2) is 0 Å². The van der Waals surface area contributed by atoms with E-state index in [4.69, 9.17) is 5.10 Å². The van der Waals surface area contributed by atoms with Gasteiger partial charge in [0.2, 0.25) is 5.82 Å². The Bertz CT molecular complexity index is 746. The molecule has 2 bridgehead atoms. The number of halogens is 3. The second kappa shape index (κ2) is 4.96. The zero-order chi connectivity index (χ0) is 17.3. The summed E-state index contributed by atoms with van der Waals surface area (Å²) in [6, 6.07) is 0.449. The topological polar surface area (TPSA) is 21.7 Å². The van der Waals surface area contributed by atoms with Gasteiger partial charge in [0, 0.05) is 17.6 Å². The van der Waals surface area contributed by atoms with Crippen LogP contribution < -0.4 is 4.57 Å². The maximum atomic E-state index is 13.1. The van der Waals surface area contributed by atoms with Crippen LogP contribution in [0.25, 0.3) is 0 Å². The first-order chi connectivity index (χ1) is 11.2. The Kier molecular flexibility index (Phi) is 3.29. The number of fused-ring (bicyclic) bond motifs is 2. The van der Waals surface area contributed by atoms with Crippen LogP contribution in [0, 0.1) is 12.8 Å². The third-order valence-corrected chi connectivity index (χ3v) is 6.32. The van der Waals surface area contributed by atoms with Crippen LogP contribution >= 0.6 is 0 Å². The Morgan fingerprint density at radius 2 is 1.92 bits per heavy atom. The highest BCUT2D eigenvalue weighted by molar-refractivity contribution is 5.39. The molecule has 0 N–H and O–H groups in total. The third kappa shape index (κ3) is 2.04. The summed E-state index contributed by atoms with van der Waals surface area (Å²) in [6.07, 6.45) is 3.49. The van der Waals surface area contributed by atoms with Gasteiger partial charge < -0.3 is 0 Å². The van der Waals surface area contributed by atoms with E-state index in [9.17, 15) is 13.2 Å². The summed E-state index contributed by atoms with van der Waals surface area (Å²) in [6.45, 7) is 3.69. The minimum atomic E-state index is -4.23. The lowest BCUT2D eigenvalue weighted by atomic mass is 9.61. The summed E-state index contributed by atoms with van der Waals surface area (Å²) >= 11 is 0. The zero-order valence-electron chi connectivity index (χ0n) is 14.3. The molecule has 0 saturated heterocycles. The third-order valence-electron chi connectivity index (χ3n) is 6.32. The number of hydrogen-bond acceptors (Lipinski definition) is 1. The molecule has 4 aliphatic rings. The molecule has 0 radical (unpaired) electrons. The fraction of sp³-hybridized carbons (Fsp3) is 0.667. The van der Waals surface area contributed by atoms with Crippen molar-refractivity contribution in [2.24, 2.45) is 13.0 Å². The molecule has 6 heteroatoms. The molecule has 1 saturated carbocycles. The molecule has 1 aromatic rings. The molecule has 0 amide bonds. The first-order valence-electron chi connectivity index (χ1n) is 8.68.